The monoisotopic (exact) mass is 369 g/mol. The van der Waals surface area contributed by atoms with Crippen molar-refractivity contribution in [3.8, 4) is 0 Å². The summed E-state index contributed by atoms with van der Waals surface area (Å²) in [6.45, 7) is 0. The molecule has 3 aliphatic rings. The van der Waals surface area contributed by atoms with E-state index in [0.29, 0.717) is 5.06 Å². The van der Waals surface area contributed by atoms with Crippen molar-refractivity contribution in [1.29, 1.82) is 0 Å². The fourth-order valence-corrected chi connectivity index (χ4v) is 2.12. The Hall–Kier alpha value is -2.06. The lowest BCUT2D eigenvalue weighted by Crippen LogP contribution is -2.36. The Morgan fingerprint density at radius 3 is 1.52 bits per heavy atom. The highest BCUT2D eigenvalue weighted by atomic mass is 19.0. The lowest BCUT2D eigenvalue weighted by molar-refractivity contribution is -0.202. The zero-order valence-corrected chi connectivity index (χ0v) is 12.6. The van der Waals surface area contributed by atoms with Crippen LogP contribution in [0.25, 0.3) is 0 Å². The van der Waals surface area contributed by atoms with Crippen LogP contribution >= 0.6 is 0 Å². The molecule has 7 nitrogen and oxygen atoms in total. The van der Waals surface area contributed by atoms with Gasteiger partial charge in [-0.05, 0) is 25.7 Å². The van der Waals surface area contributed by atoms with Gasteiger partial charge in [0.15, 0.2) is 0 Å². The zero-order valence-electron chi connectivity index (χ0n) is 12.6. The van der Waals surface area contributed by atoms with Crippen molar-refractivity contribution in [1.82, 2.24) is 5.06 Å². The first kappa shape index (κ1) is 27.8. The predicted molar refractivity (Wildman–Crippen MR) is 88.0 cm³/mol. The SMILES string of the molecule is C.C.F.F.O=C(O)C1CCC1.O=C(ON1C(=O)CCC1=O)C1CCC1. The van der Waals surface area contributed by atoms with Crippen molar-refractivity contribution >= 4 is 23.8 Å². The molecule has 9 heteroatoms. The molecule has 0 bridgehead atoms. The number of carboxylic acids is 1. The van der Waals surface area contributed by atoms with E-state index in [-0.39, 0.29) is 48.9 Å². The third kappa shape index (κ3) is 7.15. The summed E-state index contributed by atoms with van der Waals surface area (Å²) in [4.78, 5) is 48.2. The van der Waals surface area contributed by atoms with Gasteiger partial charge in [-0.25, -0.2) is 4.79 Å². The standard InChI is InChI=1S/C9H11NO4.C5H8O2.2CH4.2FH/c11-7-4-5-8(12)10(7)14-9(13)6-2-1-3-6;6-5(7)4-2-1-3-4;;;;/h6H,1-5H2;4H,1-3H2,(H,6,7);2*1H4;2*1H. The van der Waals surface area contributed by atoms with Crippen LogP contribution in [0.4, 0.5) is 9.41 Å². The van der Waals surface area contributed by atoms with Crippen LogP contribution in [0.3, 0.4) is 0 Å². The largest absolute Gasteiger partial charge is 0.481 e. The predicted octanol–water partition coefficient (Wildman–Crippen LogP) is 2.84. The molecule has 0 aromatic carbocycles. The second kappa shape index (κ2) is 12.3. The van der Waals surface area contributed by atoms with Gasteiger partial charge >= 0.3 is 11.9 Å². The minimum atomic E-state index is -0.619. The summed E-state index contributed by atoms with van der Waals surface area (Å²) < 4.78 is 0. The van der Waals surface area contributed by atoms with Crippen LogP contribution in [-0.2, 0) is 24.0 Å². The maximum Gasteiger partial charge on any atom is 0.336 e. The molecule has 1 N–H and O–H groups in total. The number of hydrogen-bond donors (Lipinski definition) is 1. The van der Waals surface area contributed by atoms with Crippen LogP contribution in [0.15, 0.2) is 0 Å². The summed E-state index contributed by atoms with van der Waals surface area (Å²) >= 11 is 0. The summed E-state index contributed by atoms with van der Waals surface area (Å²) in [7, 11) is 0. The molecule has 0 radical (unpaired) electrons. The van der Waals surface area contributed by atoms with Gasteiger partial charge in [0, 0.05) is 12.8 Å². The second-order valence-electron chi connectivity index (χ2n) is 5.59. The van der Waals surface area contributed by atoms with E-state index in [4.69, 9.17) is 9.94 Å². The van der Waals surface area contributed by atoms with Crippen molar-refractivity contribution in [3.05, 3.63) is 0 Å². The fourth-order valence-electron chi connectivity index (χ4n) is 2.12. The van der Waals surface area contributed by atoms with Gasteiger partial charge in [0.2, 0.25) is 0 Å². The molecule has 0 unspecified atom stereocenters. The molecule has 1 saturated heterocycles. The number of amides is 2. The molecular weight excluding hydrogens is 340 g/mol. The summed E-state index contributed by atoms with van der Waals surface area (Å²) in [5.74, 6) is -2.01. The van der Waals surface area contributed by atoms with Crippen LogP contribution in [-0.4, -0.2) is 33.9 Å². The van der Waals surface area contributed by atoms with E-state index in [0.717, 1.165) is 38.5 Å². The fraction of sp³-hybridized carbons (Fsp3) is 0.750. The molecule has 1 heterocycles. The second-order valence-corrected chi connectivity index (χ2v) is 5.59. The molecule has 1 aliphatic heterocycles. The maximum atomic E-state index is 11.3. The Balaban J connectivity index is -0.000000386. The number of hydrogen-bond acceptors (Lipinski definition) is 5. The van der Waals surface area contributed by atoms with Crippen LogP contribution in [0.1, 0.15) is 66.2 Å². The number of aliphatic carboxylic acids is 1. The van der Waals surface area contributed by atoms with E-state index in [2.05, 4.69) is 0 Å². The van der Waals surface area contributed by atoms with Gasteiger partial charge in [-0.15, -0.1) is 5.06 Å². The molecule has 2 saturated carbocycles. The normalized spacial score (nSPS) is 18.5. The highest BCUT2D eigenvalue weighted by molar-refractivity contribution is 6.01. The van der Waals surface area contributed by atoms with Crippen molar-refractivity contribution in [2.45, 2.75) is 66.2 Å². The molecule has 0 aromatic heterocycles. The average Bonchev–Trinajstić information content (AvgIpc) is 2.56. The van der Waals surface area contributed by atoms with E-state index in [1.54, 1.807) is 0 Å². The number of rotatable bonds is 3. The van der Waals surface area contributed by atoms with Gasteiger partial charge in [0.05, 0.1) is 11.8 Å². The quantitative estimate of drug-likeness (QED) is 0.768. The smallest absolute Gasteiger partial charge is 0.336 e. The lowest BCUT2D eigenvalue weighted by atomic mass is 9.86. The molecule has 0 spiro atoms. The van der Waals surface area contributed by atoms with E-state index >= 15 is 0 Å². The van der Waals surface area contributed by atoms with Crippen molar-refractivity contribution in [2.24, 2.45) is 11.8 Å². The zero-order chi connectivity index (χ0) is 15.4. The Morgan fingerprint density at radius 1 is 0.880 bits per heavy atom. The van der Waals surface area contributed by atoms with Crippen LogP contribution in [0.2, 0.25) is 0 Å². The van der Waals surface area contributed by atoms with Gasteiger partial charge in [0.25, 0.3) is 11.8 Å². The van der Waals surface area contributed by atoms with Gasteiger partial charge < -0.3 is 9.94 Å². The number of nitrogens with zero attached hydrogens (tertiary/aromatic N) is 1. The Kier molecular flexibility index (Phi) is 13.7. The van der Waals surface area contributed by atoms with Crippen LogP contribution in [0.5, 0.6) is 0 Å². The highest BCUT2D eigenvalue weighted by Crippen LogP contribution is 2.28. The summed E-state index contributed by atoms with van der Waals surface area (Å²) in [5, 5.41) is 8.84. The first-order valence-electron chi connectivity index (χ1n) is 7.29. The molecule has 2 aliphatic carbocycles. The number of carbonyl (C=O) groups is 4. The van der Waals surface area contributed by atoms with Crippen molar-refractivity contribution in [3.63, 3.8) is 0 Å². The summed E-state index contributed by atoms with van der Waals surface area (Å²) in [6.07, 6.45) is 5.82. The molecule has 2 amide bonds. The minimum absolute atomic E-state index is 0. The average molecular weight is 369 g/mol. The summed E-state index contributed by atoms with van der Waals surface area (Å²) in [6, 6.07) is 0. The first-order valence-corrected chi connectivity index (χ1v) is 7.29. The number of carbonyl (C=O) groups excluding carboxylic acids is 3. The van der Waals surface area contributed by atoms with E-state index in [1.807, 2.05) is 0 Å². The third-order valence-electron chi connectivity index (χ3n) is 4.08. The topological polar surface area (TPSA) is 101 Å². The van der Waals surface area contributed by atoms with Gasteiger partial charge in [-0.2, -0.15) is 0 Å². The molecule has 3 fully saturated rings. The van der Waals surface area contributed by atoms with Crippen molar-refractivity contribution in [2.75, 3.05) is 0 Å². The highest BCUT2D eigenvalue weighted by Gasteiger charge is 2.36. The molecular formula is C16H29F2NO6. The molecule has 0 atom stereocenters. The summed E-state index contributed by atoms with van der Waals surface area (Å²) in [5.41, 5.74) is 0. The van der Waals surface area contributed by atoms with Crippen molar-refractivity contribution < 1.29 is 38.5 Å². The maximum absolute atomic E-state index is 11.3. The Labute approximate surface area is 146 Å². The number of carboxylic acid groups (broad SMARTS) is 1. The van der Waals surface area contributed by atoms with E-state index in [9.17, 15) is 19.2 Å². The van der Waals surface area contributed by atoms with Crippen LogP contribution in [0, 0.1) is 11.8 Å². The van der Waals surface area contributed by atoms with Gasteiger partial charge in [0.1, 0.15) is 0 Å². The van der Waals surface area contributed by atoms with E-state index < -0.39 is 23.8 Å². The molecule has 0 aromatic rings. The molecule has 25 heavy (non-hydrogen) atoms. The Morgan fingerprint density at radius 2 is 1.28 bits per heavy atom. The number of halogens is 2. The Bertz CT molecular complexity index is 448. The van der Waals surface area contributed by atoms with E-state index in [1.165, 1.54) is 0 Å². The number of imide groups is 1. The van der Waals surface area contributed by atoms with Gasteiger partial charge in [-0.3, -0.25) is 23.8 Å². The number of hydroxylamine groups is 2. The molecule has 3 rings (SSSR count). The molecule has 148 valence electrons. The lowest BCUT2D eigenvalue weighted by Gasteiger charge is -2.24. The first-order chi connectivity index (χ1) is 9.99. The van der Waals surface area contributed by atoms with Crippen LogP contribution < -0.4 is 0 Å². The minimum Gasteiger partial charge on any atom is -0.481 e. The van der Waals surface area contributed by atoms with Gasteiger partial charge in [-0.1, -0.05) is 27.7 Å². The third-order valence-corrected chi connectivity index (χ3v) is 4.08.